The quantitative estimate of drug-likeness (QED) is 0.834. The number of thioether (sulfide) groups is 1. The molecule has 0 bridgehead atoms. The summed E-state index contributed by atoms with van der Waals surface area (Å²) in [5.74, 6) is 0.897. The van der Waals surface area contributed by atoms with Gasteiger partial charge in [0.15, 0.2) is 0 Å². The van der Waals surface area contributed by atoms with Crippen LogP contribution in [0.5, 0.6) is 0 Å². The summed E-state index contributed by atoms with van der Waals surface area (Å²) >= 11 is 1.74. The van der Waals surface area contributed by atoms with E-state index in [1.165, 1.54) is 37.9 Å². The minimum atomic E-state index is 0.192. The maximum Gasteiger partial charge on any atom is 0.233 e. The minimum Gasteiger partial charge on any atom is -0.325 e. The fraction of sp³-hybridized carbons (Fsp3) is 0.500. The van der Waals surface area contributed by atoms with Gasteiger partial charge in [0, 0.05) is 13.1 Å². The van der Waals surface area contributed by atoms with Crippen molar-refractivity contribution in [2.45, 2.75) is 24.6 Å². The molecule has 2 aliphatic heterocycles. The van der Waals surface area contributed by atoms with E-state index >= 15 is 0 Å². The van der Waals surface area contributed by atoms with E-state index in [9.17, 15) is 4.79 Å². The highest BCUT2D eigenvalue weighted by molar-refractivity contribution is 8.01. The first-order valence-electron chi connectivity index (χ1n) is 8.19. The molecule has 3 rings (SSSR count). The van der Waals surface area contributed by atoms with Crippen molar-refractivity contribution >= 4 is 23.7 Å². The SMILES string of the molecule is O=C1CSC(/C=C/c2ccccc2)N1CCN1CCCCC1. The zero-order valence-electron chi connectivity index (χ0n) is 13.0. The lowest BCUT2D eigenvalue weighted by atomic mass is 10.1. The van der Waals surface area contributed by atoms with Crippen molar-refractivity contribution in [1.29, 1.82) is 0 Å². The van der Waals surface area contributed by atoms with Crippen LogP contribution in [-0.4, -0.2) is 53.0 Å². The van der Waals surface area contributed by atoms with E-state index in [1.54, 1.807) is 11.8 Å². The van der Waals surface area contributed by atoms with E-state index in [0.29, 0.717) is 5.75 Å². The van der Waals surface area contributed by atoms with Gasteiger partial charge in [-0.1, -0.05) is 48.9 Å². The standard InChI is InChI=1S/C18H24N2OS/c21-17-15-22-18(10-9-16-7-3-1-4-8-16)20(17)14-13-19-11-5-2-6-12-19/h1,3-4,7-10,18H,2,5-6,11-15H2/b10-9+. The molecule has 0 N–H and O–H groups in total. The summed E-state index contributed by atoms with van der Waals surface area (Å²) in [6.45, 7) is 4.26. The van der Waals surface area contributed by atoms with Gasteiger partial charge in [0.2, 0.25) is 5.91 Å². The Balaban J connectivity index is 1.56. The number of amides is 1. The van der Waals surface area contributed by atoms with Crippen molar-refractivity contribution in [2.24, 2.45) is 0 Å². The van der Waals surface area contributed by atoms with Gasteiger partial charge in [-0.05, 0) is 31.5 Å². The van der Waals surface area contributed by atoms with Gasteiger partial charge in [-0.2, -0.15) is 0 Å². The predicted molar refractivity (Wildman–Crippen MR) is 93.7 cm³/mol. The van der Waals surface area contributed by atoms with E-state index < -0.39 is 0 Å². The molecule has 0 radical (unpaired) electrons. The van der Waals surface area contributed by atoms with Crippen LogP contribution in [0.2, 0.25) is 0 Å². The van der Waals surface area contributed by atoms with Crippen LogP contribution in [0.1, 0.15) is 24.8 Å². The van der Waals surface area contributed by atoms with Crippen molar-refractivity contribution in [1.82, 2.24) is 9.80 Å². The summed E-state index contributed by atoms with van der Waals surface area (Å²) in [7, 11) is 0. The zero-order chi connectivity index (χ0) is 15.2. The highest BCUT2D eigenvalue weighted by atomic mass is 32.2. The maximum atomic E-state index is 12.1. The largest absolute Gasteiger partial charge is 0.325 e. The molecule has 1 aromatic rings. The molecule has 1 aromatic carbocycles. The molecule has 1 unspecified atom stereocenters. The van der Waals surface area contributed by atoms with Gasteiger partial charge in [0.05, 0.1) is 11.1 Å². The van der Waals surface area contributed by atoms with E-state index in [-0.39, 0.29) is 11.3 Å². The molecular weight excluding hydrogens is 292 g/mol. The summed E-state index contributed by atoms with van der Waals surface area (Å²) in [6, 6.07) is 10.3. The molecule has 3 nitrogen and oxygen atoms in total. The fourth-order valence-electron chi connectivity index (χ4n) is 3.07. The summed E-state index contributed by atoms with van der Waals surface area (Å²) in [5.41, 5.74) is 1.19. The van der Waals surface area contributed by atoms with Crippen molar-refractivity contribution in [2.75, 3.05) is 31.9 Å². The number of hydrogen-bond acceptors (Lipinski definition) is 3. The normalized spacial score (nSPS) is 23.5. The number of carbonyl (C=O) groups is 1. The van der Waals surface area contributed by atoms with E-state index in [4.69, 9.17) is 0 Å². The van der Waals surface area contributed by atoms with Crippen molar-refractivity contribution in [3.05, 3.63) is 42.0 Å². The van der Waals surface area contributed by atoms with Crippen LogP contribution in [0.3, 0.4) is 0 Å². The molecule has 0 aromatic heterocycles. The first kappa shape index (κ1) is 15.6. The van der Waals surface area contributed by atoms with Crippen LogP contribution >= 0.6 is 11.8 Å². The second kappa shape index (κ2) is 7.84. The van der Waals surface area contributed by atoms with Crippen LogP contribution in [0.25, 0.3) is 6.08 Å². The first-order chi connectivity index (χ1) is 10.8. The topological polar surface area (TPSA) is 23.6 Å². The van der Waals surface area contributed by atoms with Crippen LogP contribution in [-0.2, 0) is 4.79 Å². The smallest absolute Gasteiger partial charge is 0.233 e. The van der Waals surface area contributed by atoms with Gasteiger partial charge in [0.1, 0.15) is 0 Å². The molecular formula is C18H24N2OS. The fourth-order valence-corrected chi connectivity index (χ4v) is 4.14. The van der Waals surface area contributed by atoms with Gasteiger partial charge in [0.25, 0.3) is 0 Å². The van der Waals surface area contributed by atoms with Gasteiger partial charge < -0.3 is 9.80 Å². The molecule has 22 heavy (non-hydrogen) atoms. The maximum absolute atomic E-state index is 12.1. The molecule has 0 spiro atoms. The van der Waals surface area contributed by atoms with Crippen molar-refractivity contribution in [3.8, 4) is 0 Å². The average molecular weight is 316 g/mol. The van der Waals surface area contributed by atoms with E-state index in [0.717, 1.165) is 13.1 Å². The summed E-state index contributed by atoms with van der Waals surface area (Å²) in [4.78, 5) is 16.7. The minimum absolute atomic E-state index is 0.192. The zero-order valence-corrected chi connectivity index (χ0v) is 13.8. The number of piperidine rings is 1. The Morgan fingerprint density at radius 3 is 2.64 bits per heavy atom. The second-order valence-electron chi connectivity index (χ2n) is 5.96. The Hall–Kier alpha value is -1.26. The third-order valence-corrected chi connectivity index (χ3v) is 5.53. The third-order valence-electron chi connectivity index (χ3n) is 4.36. The molecule has 118 valence electrons. The second-order valence-corrected chi connectivity index (χ2v) is 7.07. The third kappa shape index (κ3) is 4.14. The molecule has 2 fully saturated rings. The lowest BCUT2D eigenvalue weighted by molar-refractivity contribution is -0.127. The summed E-state index contributed by atoms with van der Waals surface area (Å²) in [5, 5.41) is 0.192. The van der Waals surface area contributed by atoms with Crippen LogP contribution in [0.15, 0.2) is 36.4 Å². The number of hydrogen-bond donors (Lipinski definition) is 0. The Morgan fingerprint density at radius 1 is 1.09 bits per heavy atom. The molecule has 2 saturated heterocycles. The summed E-state index contributed by atoms with van der Waals surface area (Å²) < 4.78 is 0. The Morgan fingerprint density at radius 2 is 1.86 bits per heavy atom. The highest BCUT2D eigenvalue weighted by Gasteiger charge is 2.29. The number of nitrogens with zero attached hydrogens (tertiary/aromatic N) is 2. The van der Waals surface area contributed by atoms with Crippen molar-refractivity contribution in [3.63, 3.8) is 0 Å². The van der Waals surface area contributed by atoms with Gasteiger partial charge >= 0.3 is 0 Å². The van der Waals surface area contributed by atoms with Crippen LogP contribution < -0.4 is 0 Å². The average Bonchev–Trinajstić information content (AvgIpc) is 2.93. The van der Waals surface area contributed by atoms with E-state index in [1.807, 2.05) is 23.1 Å². The Bertz CT molecular complexity index is 511. The highest BCUT2D eigenvalue weighted by Crippen LogP contribution is 2.26. The van der Waals surface area contributed by atoms with Crippen molar-refractivity contribution < 1.29 is 4.79 Å². The lowest BCUT2D eigenvalue weighted by Gasteiger charge is -2.29. The Kier molecular flexibility index (Phi) is 5.57. The summed E-state index contributed by atoms with van der Waals surface area (Å²) in [6.07, 6.45) is 8.27. The van der Waals surface area contributed by atoms with Gasteiger partial charge in [-0.15, -0.1) is 11.8 Å². The number of likely N-dealkylation sites (tertiary alicyclic amines) is 1. The monoisotopic (exact) mass is 316 g/mol. The van der Waals surface area contributed by atoms with E-state index in [2.05, 4.69) is 29.2 Å². The van der Waals surface area contributed by atoms with Gasteiger partial charge in [-0.3, -0.25) is 4.79 Å². The Labute approximate surface area is 137 Å². The molecule has 1 atom stereocenters. The van der Waals surface area contributed by atoms with Crippen LogP contribution in [0, 0.1) is 0 Å². The number of carbonyl (C=O) groups excluding carboxylic acids is 1. The number of rotatable bonds is 5. The van der Waals surface area contributed by atoms with Crippen LogP contribution in [0.4, 0.5) is 0 Å². The molecule has 2 aliphatic rings. The molecule has 4 heteroatoms. The molecule has 0 saturated carbocycles. The molecule has 2 heterocycles. The lowest BCUT2D eigenvalue weighted by Crippen LogP contribution is -2.41. The first-order valence-corrected chi connectivity index (χ1v) is 9.24. The molecule has 1 amide bonds. The van der Waals surface area contributed by atoms with Gasteiger partial charge in [-0.25, -0.2) is 0 Å². The predicted octanol–water partition coefficient (Wildman–Crippen LogP) is 3.09. The molecule has 0 aliphatic carbocycles. The number of benzene rings is 1.